The molecule has 11 heteroatoms. The highest BCUT2D eigenvalue weighted by atomic mass is 79.9. The van der Waals surface area contributed by atoms with E-state index in [0.29, 0.717) is 30.0 Å². The largest absolute Gasteiger partial charge is 0.573 e. The van der Waals surface area contributed by atoms with Crippen LogP contribution in [0.15, 0.2) is 106 Å². The Morgan fingerprint density at radius 3 is 2.35 bits per heavy atom. The van der Waals surface area contributed by atoms with Gasteiger partial charge in [-0.15, -0.1) is 13.2 Å². The maximum Gasteiger partial charge on any atom is 0.573 e. The number of methoxy groups -OCH3 is 1. The smallest absolute Gasteiger partial charge is 0.497 e. The summed E-state index contributed by atoms with van der Waals surface area (Å²) in [7, 11) is 1.57. The number of aliphatic hydroxyl groups is 1. The van der Waals surface area contributed by atoms with Crippen molar-refractivity contribution in [3.05, 3.63) is 128 Å². The van der Waals surface area contributed by atoms with Gasteiger partial charge in [-0.3, -0.25) is 4.79 Å². The summed E-state index contributed by atoms with van der Waals surface area (Å²) in [6.07, 6.45) is -2.43. The van der Waals surface area contributed by atoms with E-state index in [2.05, 4.69) is 25.8 Å². The molecule has 1 N–H and O–H groups in total. The fourth-order valence-electron chi connectivity index (χ4n) is 4.49. The number of aromatic nitrogens is 1. The predicted octanol–water partition coefficient (Wildman–Crippen LogP) is 7.04. The number of oxime groups is 1. The topological polar surface area (TPSA) is 82.3 Å². The van der Waals surface area contributed by atoms with Gasteiger partial charge in [-0.25, -0.2) is 0 Å². The number of halogens is 4. The number of nitrogens with zero attached hydrogens (tertiary/aromatic N) is 2. The summed E-state index contributed by atoms with van der Waals surface area (Å²) < 4.78 is 49.8. The minimum atomic E-state index is -4.81. The van der Waals surface area contributed by atoms with Crippen LogP contribution in [0.1, 0.15) is 41.0 Å². The van der Waals surface area contributed by atoms with Gasteiger partial charge in [0.1, 0.15) is 18.1 Å². The number of hydrogen-bond acceptors (Lipinski definition) is 6. The summed E-state index contributed by atoms with van der Waals surface area (Å²) in [6, 6.07) is 23.5. The molecule has 0 fully saturated rings. The lowest BCUT2D eigenvalue weighted by molar-refractivity contribution is -0.274. The molecule has 0 aliphatic carbocycles. The highest BCUT2D eigenvalue weighted by Gasteiger charge is 2.31. The first-order chi connectivity index (χ1) is 20.6. The molecular formula is C32H30BrF3N2O5. The second kappa shape index (κ2) is 14.9. The Morgan fingerprint density at radius 2 is 1.70 bits per heavy atom. The molecule has 1 aromatic heterocycles. The molecule has 0 saturated heterocycles. The van der Waals surface area contributed by atoms with Crippen molar-refractivity contribution in [2.24, 2.45) is 5.16 Å². The van der Waals surface area contributed by atoms with E-state index in [9.17, 15) is 23.1 Å². The Labute approximate surface area is 255 Å². The summed E-state index contributed by atoms with van der Waals surface area (Å²) in [5.74, 6) is 0.0530. The van der Waals surface area contributed by atoms with E-state index in [1.165, 1.54) is 30.3 Å². The zero-order valence-electron chi connectivity index (χ0n) is 23.3. The summed E-state index contributed by atoms with van der Waals surface area (Å²) in [4.78, 5) is 18.4. The van der Waals surface area contributed by atoms with Gasteiger partial charge >= 0.3 is 6.36 Å². The van der Waals surface area contributed by atoms with E-state index in [-0.39, 0.29) is 36.9 Å². The molecular weight excluding hydrogens is 629 g/mol. The van der Waals surface area contributed by atoms with E-state index in [1.807, 2.05) is 36.4 Å². The molecule has 3 aromatic carbocycles. The molecule has 4 rings (SSSR count). The van der Waals surface area contributed by atoms with Gasteiger partial charge < -0.3 is 24.0 Å². The maximum atomic E-state index is 12.7. The van der Waals surface area contributed by atoms with E-state index < -0.39 is 6.36 Å². The second-order valence-electron chi connectivity index (χ2n) is 9.70. The maximum absolute atomic E-state index is 12.7. The first-order valence-corrected chi connectivity index (χ1v) is 14.2. The van der Waals surface area contributed by atoms with Gasteiger partial charge in [-0.1, -0.05) is 51.4 Å². The predicted molar refractivity (Wildman–Crippen MR) is 160 cm³/mol. The Kier molecular flexibility index (Phi) is 11.0. The van der Waals surface area contributed by atoms with Crippen molar-refractivity contribution in [3.8, 4) is 11.5 Å². The number of benzene rings is 3. The van der Waals surface area contributed by atoms with Gasteiger partial charge in [0.2, 0.25) is 0 Å². The van der Waals surface area contributed by atoms with Crippen LogP contribution in [0.4, 0.5) is 13.2 Å². The van der Waals surface area contributed by atoms with Crippen molar-refractivity contribution in [2.45, 2.75) is 38.3 Å². The quantitative estimate of drug-likeness (QED) is 0.123. The third kappa shape index (κ3) is 9.72. The van der Waals surface area contributed by atoms with Crippen LogP contribution in [0.2, 0.25) is 0 Å². The summed E-state index contributed by atoms with van der Waals surface area (Å²) in [5, 5.41) is 14.3. The highest BCUT2D eigenvalue weighted by Crippen LogP contribution is 2.28. The van der Waals surface area contributed by atoms with Crippen molar-refractivity contribution in [3.63, 3.8) is 0 Å². The van der Waals surface area contributed by atoms with E-state index in [0.717, 1.165) is 21.2 Å². The number of rotatable bonds is 13. The van der Waals surface area contributed by atoms with Gasteiger partial charge in [0.05, 0.1) is 19.4 Å². The molecule has 1 unspecified atom stereocenters. The lowest BCUT2D eigenvalue weighted by Gasteiger charge is -2.19. The average Bonchev–Trinajstić information content (AvgIpc) is 2.97. The molecule has 0 amide bonds. The van der Waals surface area contributed by atoms with Gasteiger partial charge in [0.15, 0.2) is 0 Å². The normalized spacial score (nSPS) is 12.6. The zero-order chi connectivity index (χ0) is 30.8. The Morgan fingerprint density at radius 1 is 0.977 bits per heavy atom. The van der Waals surface area contributed by atoms with Crippen LogP contribution < -0.4 is 15.0 Å². The minimum absolute atomic E-state index is 0.131. The molecule has 4 aromatic rings. The van der Waals surface area contributed by atoms with Crippen molar-refractivity contribution < 1.29 is 32.6 Å². The van der Waals surface area contributed by atoms with Crippen LogP contribution in [0.25, 0.3) is 0 Å². The van der Waals surface area contributed by atoms with Crippen molar-refractivity contribution in [2.75, 3.05) is 13.7 Å². The number of hydrogen-bond donors (Lipinski definition) is 1. The molecule has 0 aliphatic heterocycles. The molecule has 7 nitrogen and oxygen atoms in total. The van der Waals surface area contributed by atoms with Crippen molar-refractivity contribution >= 4 is 21.6 Å². The summed E-state index contributed by atoms with van der Waals surface area (Å²) in [6.45, 7) is 0.364. The molecule has 0 spiro atoms. The fraction of sp³-hybridized carbons (Fsp3) is 0.250. The van der Waals surface area contributed by atoms with Gasteiger partial charge in [-0.2, -0.15) is 0 Å². The Balaban J connectivity index is 1.62. The number of aliphatic hydroxyl groups excluding tert-OH is 1. The van der Waals surface area contributed by atoms with Crippen LogP contribution >= 0.6 is 15.9 Å². The van der Waals surface area contributed by atoms with Crippen LogP contribution in [-0.2, 0) is 18.0 Å². The molecule has 0 radical (unpaired) electrons. The van der Waals surface area contributed by atoms with Gasteiger partial charge in [0, 0.05) is 29.8 Å². The zero-order valence-corrected chi connectivity index (χ0v) is 24.8. The third-order valence-electron chi connectivity index (χ3n) is 6.62. The Hall–Kier alpha value is -4.09. The monoisotopic (exact) mass is 658 g/mol. The first-order valence-electron chi connectivity index (χ1n) is 13.4. The van der Waals surface area contributed by atoms with Crippen LogP contribution in [-0.4, -0.2) is 35.5 Å². The molecule has 43 heavy (non-hydrogen) atoms. The van der Waals surface area contributed by atoms with Crippen molar-refractivity contribution in [1.29, 1.82) is 0 Å². The minimum Gasteiger partial charge on any atom is -0.497 e. The molecule has 1 atom stereocenters. The average molecular weight is 659 g/mol. The summed E-state index contributed by atoms with van der Waals surface area (Å²) >= 11 is 3.45. The molecule has 226 valence electrons. The van der Waals surface area contributed by atoms with Crippen LogP contribution in [0.3, 0.4) is 0 Å². The van der Waals surface area contributed by atoms with Crippen LogP contribution in [0.5, 0.6) is 11.5 Å². The molecule has 1 heterocycles. The van der Waals surface area contributed by atoms with Crippen LogP contribution in [0, 0.1) is 0 Å². The van der Waals surface area contributed by atoms with E-state index in [4.69, 9.17) is 9.57 Å². The van der Waals surface area contributed by atoms with Crippen molar-refractivity contribution in [1.82, 2.24) is 4.57 Å². The standard InChI is InChI=1S/C32H30BrF3N2O5/c1-41-28-10-5-22(6-11-28)21-42-37-30(24-7-12-29(13-8-24)43-32(34,35)36)18-25(15-16-39)26-9-14-31(40)38(20-26)19-23-3-2-4-27(33)17-23/h2-14,17,20,25,39H,15-16,18-19,21H2,1H3. The SMILES string of the molecule is COc1ccc(CON=C(CC(CCO)c2ccc(=O)n(Cc3cccc(Br)c3)c2)c2ccc(OC(F)(F)F)cc2)cc1. The van der Waals surface area contributed by atoms with Gasteiger partial charge in [-0.05, 0) is 83.1 Å². The lowest BCUT2D eigenvalue weighted by Crippen LogP contribution is -2.21. The first kappa shape index (κ1) is 31.8. The van der Waals surface area contributed by atoms with E-state index in [1.54, 1.807) is 36.1 Å². The van der Waals surface area contributed by atoms with Gasteiger partial charge in [0.25, 0.3) is 5.56 Å². The molecule has 0 aliphatic rings. The fourth-order valence-corrected chi connectivity index (χ4v) is 4.93. The molecule has 0 bridgehead atoms. The Bertz CT molecular complexity index is 1570. The lowest BCUT2D eigenvalue weighted by atomic mass is 9.89. The second-order valence-corrected chi connectivity index (χ2v) is 10.6. The summed E-state index contributed by atoms with van der Waals surface area (Å²) in [5.41, 5.74) is 3.36. The van der Waals surface area contributed by atoms with E-state index >= 15 is 0 Å². The number of ether oxygens (including phenoxy) is 2. The third-order valence-corrected chi connectivity index (χ3v) is 7.12. The highest BCUT2D eigenvalue weighted by molar-refractivity contribution is 9.10. The number of alkyl halides is 3. The molecule has 0 saturated carbocycles. The number of pyridine rings is 1.